The monoisotopic (exact) mass is 443 g/mol. The van der Waals surface area contributed by atoms with Crippen LogP contribution in [0.3, 0.4) is 0 Å². The Morgan fingerprint density at radius 2 is 1.86 bits per heavy atom. The van der Waals surface area contributed by atoms with Crippen LogP contribution in [0.2, 0.25) is 10.0 Å². The molecule has 0 fully saturated rings. The third kappa shape index (κ3) is 4.58. The van der Waals surface area contributed by atoms with E-state index in [2.05, 4.69) is 9.98 Å². The minimum Gasteiger partial charge on any atom is -0.316 e. The third-order valence-electron chi connectivity index (χ3n) is 4.39. The fraction of sp³-hybridized carbons (Fsp3) is 0.0909. The molecule has 2 heterocycles. The standard InChI is InChI=1S/C22H16Cl2FN3S/c23-15-8-9-18(24)17(13-15)21-14-29-22(27-20-7-2-1-6-19(20)25)28(21)12-10-16-5-3-4-11-26-16/h1-9,11,13-14H,10,12H2. The number of pyridine rings is 1. The third-order valence-corrected chi connectivity index (χ3v) is 5.82. The molecule has 0 N–H and O–H groups in total. The van der Waals surface area contributed by atoms with Crippen LogP contribution in [0.4, 0.5) is 10.1 Å². The predicted molar refractivity (Wildman–Crippen MR) is 117 cm³/mol. The summed E-state index contributed by atoms with van der Waals surface area (Å²) in [5.74, 6) is -0.362. The highest BCUT2D eigenvalue weighted by atomic mass is 35.5. The second-order valence-electron chi connectivity index (χ2n) is 6.31. The first kappa shape index (κ1) is 19.8. The number of hydrogen-bond acceptors (Lipinski definition) is 3. The summed E-state index contributed by atoms with van der Waals surface area (Å²) in [5.41, 5.74) is 2.95. The number of rotatable bonds is 5. The Hall–Kier alpha value is -2.47. The minimum absolute atomic E-state index is 0.296. The van der Waals surface area contributed by atoms with Gasteiger partial charge in [-0.3, -0.25) is 4.98 Å². The van der Waals surface area contributed by atoms with E-state index in [1.807, 2.05) is 34.2 Å². The van der Waals surface area contributed by atoms with Crippen LogP contribution in [0.5, 0.6) is 0 Å². The molecule has 0 radical (unpaired) electrons. The fourth-order valence-electron chi connectivity index (χ4n) is 2.96. The van der Waals surface area contributed by atoms with Crippen molar-refractivity contribution in [2.75, 3.05) is 0 Å². The van der Waals surface area contributed by atoms with Crippen molar-refractivity contribution in [3.8, 4) is 11.3 Å². The molecule has 0 saturated carbocycles. The number of benzene rings is 2. The normalized spacial score (nSPS) is 11.8. The number of para-hydroxylation sites is 1. The van der Waals surface area contributed by atoms with Gasteiger partial charge in [0.1, 0.15) is 11.5 Å². The van der Waals surface area contributed by atoms with Crippen molar-refractivity contribution >= 4 is 40.2 Å². The first-order valence-corrected chi connectivity index (χ1v) is 10.6. The lowest BCUT2D eigenvalue weighted by atomic mass is 10.1. The Labute approximate surface area is 181 Å². The van der Waals surface area contributed by atoms with Gasteiger partial charge in [-0.25, -0.2) is 9.38 Å². The zero-order valence-corrected chi connectivity index (χ0v) is 17.6. The summed E-state index contributed by atoms with van der Waals surface area (Å²) in [6.45, 7) is 0.617. The Kier molecular flexibility index (Phi) is 6.09. The van der Waals surface area contributed by atoms with Crippen molar-refractivity contribution in [2.24, 2.45) is 4.99 Å². The smallest absolute Gasteiger partial charge is 0.190 e. The molecule has 4 rings (SSSR count). The van der Waals surface area contributed by atoms with Gasteiger partial charge in [-0.2, -0.15) is 0 Å². The Bertz CT molecular complexity index is 1200. The van der Waals surface area contributed by atoms with Gasteiger partial charge in [0.25, 0.3) is 0 Å². The molecule has 0 unspecified atom stereocenters. The average Bonchev–Trinajstić information content (AvgIpc) is 3.13. The van der Waals surface area contributed by atoms with E-state index in [0.717, 1.165) is 17.0 Å². The highest BCUT2D eigenvalue weighted by Crippen LogP contribution is 2.31. The molecule has 0 saturated heterocycles. The lowest BCUT2D eigenvalue weighted by Crippen LogP contribution is -2.17. The number of thiazole rings is 1. The molecule has 0 bridgehead atoms. The summed E-state index contributed by atoms with van der Waals surface area (Å²) in [6, 6.07) is 17.7. The van der Waals surface area contributed by atoms with E-state index in [-0.39, 0.29) is 5.82 Å². The number of hydrogen-bond donors (Lipinski definition) is 0. The predicted octanol–water partition coefficient (Wildman–Crippen LogP) is 6.53. The van der Waals surface area contributed by atoms with Gasteiger partial charge in [0.05, 0.1) is 10.7 Å². The molecule has 2 aromatic carbocycles. The summed E-state index contributed by atoms with van der Waals surface area (Å²) in [7, 11) is 0. The molecule has 0 aliphatic carbocycles. The van der Waals surface area contributed by atoms with E-state index >= 15 is 0 Å². The highest BCUT2D eigenvalue weighted by Gasteiger charge is 2.13. The van der Waals surface area contributed by atoms with E-state index in [9.17, 15) is 4.39 Å². The largest absolute Gasteiger partial charge is 0.316 e. The Morgan fingerprint density at radius 3 is 2.66 bits per heavy atom. The SMILES string of the molecule is Fc1ccccc1N=c1scc(-c2cc(Cl)ccc2Cl)n1CCc1ccccn1. The maximum Gasteiger partial charge on any atom is 0.190 e. The van der Waals surface area contributed by atoms with Gasteiger partial charge in [0.15, 0.2) is 4.80 Å². The summed E-state index contributed by atoms with van der Waals surface area (Å²) in [5, 5.41) is 3.16. The van der Waals surface area contributed by atoms with Crippen LogP contribution in [0.1, 0.15) is 5.69 Å². The average molecular weight is 444 g/mol. The van der Waals surface area contributed by atoms with Crippen molar-refractivity contribution in [1.82, 2.24) is 9.55 Å². The molecule has 0 amide bonds. The fourth-order valence-corrected chi connectivity index (χ4v) is 4.29. The lowest BCUT2D eigenvalue weighted by molar-refractivity contribution is 0.626. The van der Waals surface area contributed by atoms with E-state index in [1.54, 1.807) is 36.5 Å². The van der Waals surface area contributed by atoms with Gasteiger partial charge in [0, 0.05) is 40.8 Å². The summed E-state index contributed by atoms with van der Waals surface area (Å²) in [4.78, 5) is 9.63. The zero-order chi connectivity index (χ0) is 20.2. The van der Waals surface area contributed by atoms with Crippen molar-refractivity contribution < 1.29 is 4.39 Å². The van der Waals surface area contributed by atoms with E-state index in [0.29, 0.717) is 33.5 Å². The maximum atomic E-state index is 14.2. The Morgan fingerprint density at radius 1 is 1.03 bits per heavy atom. The van der Waals surface area contributed by atoms with E-state index in [1.165, 1.54) is 17.4 Å². The molecule has 0 aliphatic rings. The van der Waals surface area contributed by atoms with Crippen LogP contribution in [0.15, 0.2) is 77.2 Å². The molecule has 0 aliphatic heterocycles. The molecule has 0 atom stereocenters. The second kappa shape index (κ2) is 8.91. The van der Waals surface area contributed by atoms with Gasteiger partial charge >= 0.3 is 0 Å². The second-order valence-corrected chi connectivity index (χ2v) is 7.99. The highest BCUT2D eigenvalue weighted by molar-refractivity contribution is 7.07. The van der Waals surface area contributed by atoms with E-state index < -0.39 is 0 Å². The van der Waals surface area contributed by atoms with Gasteiger partial charge in [-0.05, 0) is 42.5 Å². The molecular weight excluding hydrogens is 428 g/mol. The topological polar surface area (TPSA) is 30.2 Å². The van der Waals surface area contributed by atoms with Crippen LogP contribution < -0.4 is 4.80 Å². The molecular formula is C22H16Cl2FN3S. The van der Waals surface area contributed by atoms with Gasteiger partial charge < -0.3 is 4.57 Å². The van der Waals surface area contributed by atoms with Crippen LogP contribution in [0, 0.1) is 5.82 Å². The molecule has 146 valence electrons. The summed E-state index contributed by atoms with van der Waals surface area (Å²) < 4.78 is 16.2. The van der Waals surface area contributed by atoms with Crippen molar-refractivity contribution in [3.63, 3.8) is 0 Å². The molecule has 3 nitrogen and oxygen atoms in total. The number of halogens is 3. The van der Waals surface area contributed by atoms with Crippen LogP contribution in [-0.4, -0.2) is 9.55 Å². The molecule has 0 spiro atoms. The number of nitrogens with zero attached hydrogens (tertiary/aromatic N) is 3. The maximum absolute atomic E-state index is 14.2. The molecule has 7 heteroatoms. The minimum atomic E-state index is -0.362. The quantitative estimate of drug-likeness (QED) is 0.344. The first-order chi connectivity index (χ1) is 14.1. The Balaban J connectivity index is 1.82. The van der Waals surface area contributed by atoms with Crippen molar-refractivity contribution in [1.29, 1.82) is 0 Å². The number of aryl methyl sites for hydroxylation is 1. The summed E-state index contributed by atoms with van der Waals surface area (Å²) >= 11 is 14.1. The van der Waals surface area contributed by atoms with Crippen LogP contribution in [0.25, 0.3) is 11.3 Å². The lowest BCUT2D eigenvalue weighted by Gasteiger charge is -2.11. The number of aromatic nitrogens is 2. The van der Waals surface area contributed by atoms with Crippen molar-refractivity contribution in [3.05, 3.63) is 98.6 Å². The zero-order valence-electron chi connectivity index (χ0n) is 15.2. The summed E-state index contributed by atoms with van der Waals surface area (Å²) in [6.07, 6.45) is 2.47. The van der Waals surface area contributed by atoms with Gasteiger partial charge in [-0.1, -0.05) is 41.4 Å². The van der Waals surface area contributed by atoms with Gasteiger partial charge in [0.2, 0.25) is 0 Å². The van der Waals surface area contributed by atoms with Crippen LogP contribution in [-0.2, 0) is 13.0 Å². The molecule has 29 heavy (non-hydrogen) atoms. The first-order valence-electron chi connectivity index (χ1n) is 8.95. The van der Waals surface area contributed by atoms with Crippen LogP contribution >= 0.6 is 34.5 Å². The van der Waals surface area contributed by atoms with E-state index in [4.69, 9.17) is 23.2 Å². The molecule has 4 aromatic rings. The van der Waals surface area contributed by atoms with Crippen molar-refractivity contribution in [2.45, 2.75) is 13.0 Å². The van der Waals surface area contributed by atoms with Gasteiger partial charge in [-0.15, -0.1) is 11.3 Å². The molecule has 2 aromatic heterocycles.